The van der Waals surface area contributed by atoms with Crippen molar-refractivity contribution < 1.29 is 9.59 Å². The van der Waals surface area contributed by atoms with E-state index in [1.54, 1.807) is 19.9 Å². The molecule has 5 nitrogen and oxygen atoms in total. The number of anilines is 1. The van der Waals surface area contributed by atoms with Crippen LogP contribution in [0.25, 0.3) is 20.2 Å². The molecular formula is C24H15Cl2N3O2S2. The highest BCUT2D eigenvalue weighted by atomic mass is 35.5. The van der Waals surface area contributed by atoms with Crippen LogP contribution in [0.1, 0.15) is 30.7 Å². The van der Waals surface area contributed by atoms with Gasteiger partial charge >= 0.3 is 0 Å². The number of thiophene rings is 2. The normalized spacial score (nSPS) is 11.3. The van der Waals surface area contributed by atoms with Crippen LogP contribution in [0.15, 0.2) is 54.6 Å². The van der Waals surface area contributed by atoms with Crippen molar-refractivity contribution in [3.05, 3.63) is 85.8 Å². The Bertz CT molecular complexity index is 1460. The largest absolute Gasteiger partial charge is 0.279 e. The Labute approximate surface area is 207 Å². The Morgan fingerprint density at radius 3 is 1.61 bits per heavy atom. The number of rotatable bonds is 3. The van der Waals surface area contributed by atoms with Crippen LogP contribution in [0, 0.1) is 13.8 Å². The van der Waals surface area contributed by atoms with E-state index in [4.69, 9.17) is 23.2 Å². The second-order valence-electron chi connectivity index (χ2n) is 7.38. The Morgan fingerprint density at radius 2 is 1.18 bits per heavy atom. The number of halogens is 2. The first-order chi connectivity index (χ1) is 15.8. The quantitative estimate of drug-likeness (QED) is 0.238. The first-order valence-electron chi connectivity index (χ1n) is 9.90. The van der Waals surface area contributed by atoms with E-state index in [-0.39, 0.29) is 15.7 Å². The number of aromatic nitrogens is 2. The molecular weight excluding hydrogens is 497 g/mol. The Balaban J connectivity index is 1.70. The number of imide groups is 1. The van der Waals surface area contributed by atoms with E-state index in [9.17, 15) is 9.59 Å². The smallest absolute Gasteiger partial charge is 0.267 e. The van der Waals surface area contributed by atoms with E-state index in [1.165, 1.54) is 22.7 Å². The predicted molar refractivity (Wildman–Crippen MR) is 136 cm³/mol. The highest BCUT2D eigenvalue weighted by Gasteiger charge is 2.34. The molecule has 5 rings (SSSR count). The third-order valence-corrected chi connectivity index (χ3v) is 8.36. The number of amides is 2. The number of hydrogen-bond acceptors (Lipinski definition) is 6. The van der Waals surface area contributed by atoms with Crippen molar-refractivity contribution in [2.24, 2.45) is 0 Å². The van der Waals surface area contributed by atoms with Gasteiger partial charge in [0.25, 0.3) is 11.8 Å². The molecule has 9 heteroatoms. The molecule has 0 atom stereocenters. The summed E-state index contributed by atoms with van der Waals surface area (Å²) in [6, 6.07) is 16.7. The lowest BCUT2D eigenvalue weighted by Crippen LogP contribution is -2.38. The molecule has 0 aliphatic heterocycles. The molecule has 0 aliphatic carbocycles. The molecule has 5 aromatic rings. The fourth-order valence-electron chi connectivity index (χ4n) is 3.59. The van der Waals surface area contributed by atoms with Crippen LogP contribution >= 0.6 is 45.9 Å². The summed E-state index contributed by atoms with van der Waals surface area (Å²) >= 11 is 15.6. The predicted octanol–water partition coefficient (Wildman–Crippen LogP) is 7.32. The van der Waals surface area contributed by atoms with Crippen LogP contribution in [0.3, 0.4) is 0 Å². The minimum atomic E-state index is -0.593. The van der Waals surface area contributed by atoms with Gasteiger partial charge in [-0.15, -0.1) is 22.7 Å². The summed E-state index contributed by atoms with van der Waals surface area (Å²) in [4.78, 5) is 37.9. The SMILES string of the molecule is Cc1cc(C)nc(N(C(=O)c2sc3ccccc3c2Cl)C(=O)c2sc3ccccc3c2Cl)n1. The molecule has 0 saturated carbocycles. The van der Waals surface area contributed by atoms with E-state index in [1.807, 2.05) is 48.5 Å². The van der Waals surface area contributed by atoms with Crippen LogP contribution < -0.4 is 4.90 Å². The van der Waals surface area contributed by atoms with Gasteiger partial charge in [0.2, 0.25) is 5.95 Å². The average molecular weight is 512 g/mol. The number of benzene rings is 2. The van der Waals surface area contributed by atoms with Gasteiger partial charge in [-0.3, -0.25) is 9.59 Å². The van der Waals surface area contributed by atoms with Gasteiger partial charge in [-0.2, -0.15) is 0 Å². The third kappa shape index (κ3) is 3.81. The van der Waals surface area contributed by atoms with Crippen LogP contribution in [0.4, 0.5) is 5.95 Å². The van der Waals surface area contributed by atoms with Crippen molar-refractivity contribution in [1.29, 1.82) is 0 Å². The van der Waals surface area contributed by atoms with Crippen LogP contribution in [0.5, 0.6) is 0 Å². The molecule has 33 heavy (non-hydrogen) atoms. The number of hydrogen-bond donors (Lipinski definition) is 0. The molecule has 2 aromatic carbocycles. The highest BCUT2D eigenvalue weighted by Crippen LogP contribution is 2.39. The molecule has 0 radical (unpaired) electrons. The Morgan fingerprint density at radius 1 is 0.758 bits per heavy atom. The lowest BCUT2D eigenvalue weighted by Gasteiger charge is -2.19. The van der Waals surface area contributed by atoms with Gasteiger partial charge in [-0.05, 0) is 32.0 Å². The molecule has 2 amide bonds. The highest BCUT2D eigenvalue weighted by molar-refractivity contribution is 7.22. The summed E-state index contributed by atoms with van der Waals surface area (Å²) < 4.78 is 1.69. The molecule has 164 valence electrons. The average Bonchev–Trinajstić information content (AvgIpc) is 3.31. The first kappa shape index (κ1) is 22.0. The zero-order chi connectivity index (χ0) is 23.3. The molecule has 0 aliphatic rings. The van der Waals surface area contributed by atoms with Gasteiger partial charge in [0.05, 0.1) is 10.0 Å². The van der Waals surface area contributed by atoms with Gasteiger partial charge in [-0.1, -0.05) is 59.6 Å². The fourth-order valence-corrected chi connectivity index (χ4v) is 6.47. The molecule has 0 bridgehead atoms. The van der Waals surface area contributed by atoms with Gasteiger partial charge in [0.1, 0.15) is 9.75 Å². The Kier molecular flexibility index (Phi) is 5.66. The summed E-state index contributed by atoms with van der Waals surface area (Å²) in [7, 11) is 0. The van der Waals surface area contributed by atoms with Crippen LogP contribution in [0.2, 0.25) is 10.0 Å². The Hall–Kier alpha value is -2.84. The minimum absolute atomic E-state index is 0.00968. The van der Waals surface area contributed by atoms with Crippen molar-refractivity contribution in [3.8, 4) is 0 Å². The second-order valence-corrected chi connectivity index (χ2v) is 10.2. The number of carbonyl (C=O) groups is 2. The van der Waals surface area contributed by atoms with Crippen molar-refractivity contribution in [1.82, 2.24) is 9.97 Å². The lowest BCUT2D eigenvalue weighted by atomic mass is 10.2. The van der Waals surface area contributed by atoms with E-state index < -0.39 is 11.8 Å². The number of carbonyl (C=O) groups excluding carboxylic acids is 2. The van der Waals surface area contributed by atoms with E-state index in [0.29, 0.717) is 21.4 Å². The van der Waals surface area contributed by atoms with E-state index in [2.05, 4.69) is 9.97 Å². The van der Waals surface area contributed by atoms with E-state index >= 15 is 0 Å². The second kappa shape index (κ2) is 8.50. The van der Waals surface area contributed by atoms with Gasteiger partial charge in [-0.25, -0.2) is 14.9 Å². The zero-order valence-corrected chi connectivity index (χ0v) is 20.6. The summed E-state index contributed by atoms with van der Waals surface area (Å²) in [5, 5.41) is 2.10. The topological polar surface area (TPSA) is 63.2 Å². The first-order valence-corrected chi connectivity index (χ1v) is 12.3. The number of fused-ring (bicyclic) bond motifs is 2. The standard InChI is InChI=1S/C24H15Cl2N3O2S2/c1-12-11-13(2)28-24(27-12)29(22(30)20-18(25)14-7-3-5-9-16(14)32-20)23(31)21-19(26)15-8-4-6-10-17(15)33-21/h3-11H,1-2H3. The molecule has 0 spiro atoms. The van der Waals surface area contributed by atoms with Crippen LogP contribution in [-0.2, 0) is 0 Å². The number of aryl methyl sites for hydroxylation is 2. The van der Waals surface area contributed by atoms with E-state index in [0.717, 1.165) is 25.1 Å². The van der Waals surface area contributed by atoms with Crippen molar-refractivity contribution >= 4 is 83.8 Å². The zero-order valence-electron chi connectivity index (χ0n) is 17.4. The maximum absolute atomic E-state index is 13.8. The van der Waals surface area contributed by atoms with Crippen molar-refractivity contribution in [3.63, 3.8) is 0 Å². The summed E-state index contributed by atoms with van der Waals surface area (Å²) in [5.41, 5.74) is 1.26. The molecule has 3 heterocycles. The van der Waals surface area contributed by atoms with Crippen molar-refractivity contribution in [2.75, 3.05) is 4.90 Å². The molecule has 0 unspecified atom stereocenters. The maximum atomic E-state index is 13.8. The molecule has 0 saturated heterocycles. The van der Waals surface area contributed by atoms with Gasteiger partial charge in [0.15, 0.2) is 0 Å². The van der Waals surface area contributed by atoms with Gasteiger partial charge in [0, 0.05) is 31.6 Å². The third-order valence-electron chi connectivity index (χ3n) is 5.03. The fraction of sp³-hybridized carbons (Fsp3) is 0.0833. The molecule has 0 fully saturated rings. The molecule has 0 N–H and O–H groups in total. The summed E-state index contributed by atoms with van der Waals surface area (Å²) in [6.45, 7) is 3.56. The minimum Gasteiger partial charge on any atom is -0.267 e. The summed E-state index contributed by atoms with van der Waals surface area (Å²) in [6.07, 6.45) is 0. The summed E-state index contributed by atoms with van der Waals surface area (Å²) in [5.74, 6) is -1.20. The number of nitrogens with zero attached hydrogens (tertiary/aromatic N) is 3. The monoisotopic (exact) mass is 511 g/mol. The lowest BCUT2D eigenvalue weighted by molar-refractivity contribution is 0.0900. The van der Waals surface area contributed by atoms with Gasteiger partial charge < -0.3 is 0 Å². The van der Waals surface area contributed by atoms with Crippen molar-refractivity contribution in [2.45, 2.75) is 13.8 Å². The van der Waals surface area contributed by atoms with Crippen LogP contribution in [-0.4, -0.2) is 21.8 Å². The molecule has 3 aromatic heterocycles. The maximum Gasteiger partial charge on any atom is 0.279 e.